The number of aryl methyl sites for hydroxylation is 1. The minimum atomic E-state index is -0.399. The highest BCUT2D eigenvalue weighted by Gasteiger charge is 2.14. The van der Waals surface area contributed by atoms with E-state index in [4.69, 9.17) is 9.15 Å². The average molecular weight is 340 g/mol. The van der Waals surface area contributed by atoms with Gasteiger partial charge in [0.25, 0.3) is 0 Å². The SMILES string of the molecule is Cc1c(O)ccc2c(C[NH+](C)CCOc3ccccc3)cc(=O)oc12. The van der Waals surface area contributed by atoms with Crippen LogP contribution >= 0.6 is 0 Å². The van der Waals surface area contributed by atoms with E-state index in [2.05, 4.69) is 7.05 Å². The van der Waals surface area contributed by atoms with Crippen LogP contribution in [0.15, 0.2) is 57.7 Å². The zero-order valence-electron chi connectivity index (χ0n) is 14.4. The monoisotopic (exact) mass is 340 g/mol. The zero-order valence-corrected chi connectivity index (χ0v) is 14.4. The molecule has 0 radical (unpaired) electrons. The van der Waals surface area contributed by atoms with Gasteiger partial charge in [-0.1, -0.05) is 18.2 Å². The molecule has 0 bridgehead atoms. The maximum Gasteiger partial charge on any atom is 0.336 e. The number of hydrogen-bond donors (Lipinski definition) is 2. The molecule has 0 aliphatic carbocycles. The van der Waals surface area contributed by atoms with Crippen molar-refractivity contribution >= 4 is 11.0 Å². The normalized spacial score (nSPS) is 12.2. The first kappa shape index (κ1) is 17.0. The van der Waals surface area contributed by atoms with Crippen molar-refractivity contribution < 1.29 is 19.2 Å². The van der Waals surface area contributed by atoms with Gasteiger partial charge in [-0.25, -0.2) is 4.79 Å². The fourth-order valence-corrected chi connectivity index (χ4v) is 2.84. The summed E-state index contributed by atoms with van der Waals surface area (Å²) in [5, 5.41) is 10.7. The van der Waals surface area contributed by atoms with Crippen molar-refractivity contribution in [2.75, 3.05) is 20.2 Å². The second-order valence-electron chi connectivity index (χ2n) is 6.22. The molecule has 0 spiro atoms. The van der Waals surface area contributed by atoms with E-state index in [1.54, 1.807) is 19.1 Å². The molecule has 130 valence electrons. The van der Waals surface area contributed by atoms with E-state index in [-0.39, 0.29) is 5.75 Å². The Bertz CT molecular complexity index is 918. The predicted octanol–water partition coefficient (Wildman–Crippen LogP) is 1.90. The summed E-state index contributed by atoms with van der Waals surface area (Å²) in [5.41, 5.74) is 1.55. The molecule has 0 aliphatic rings. The van der Waals surface area contributed by atoms with Crippen LogP contribution in [-0.4, -0.2) is 25.3 Å². The third kappa shape index (κ3) is 4.00. The molecule has 1 atom stereocenters. The van der Waals surface area contributed by atoms with Crippen LogP contribution in [-0.2, 0) is 6.54 Å². The van der Waals surface area contributed by atoms with Crippen molar-refractivity contribution in [3.05, 3.63) is 70.1 Å². The van der Waals surface area contributed by atoms with Crippen molar-refractivity contribution in [3.63, 3.8) is 0 Å². The molecule has 2 N–H and O–H groups in total. The molecule has 0 fully saturated rings. The molecular weight excluding hydrogens is 318 g/mol. The Labute approximate surface area is 146 Å². The van der Waals surface area contributed by atoms with Crippen LogP contribution in [0.4, 0.5) is 0 Å². The maximum absolute atomic E-state index is 11.9. The molecule has 3 rings (SSSR count). The van der Waals surface area contributed by atoms with Gasteiger partial charge in [0, 0.05) is 22.6 Å². The van der Waals surface area contributed by atoms with Crippen molar-refractivity contribution in [2.24, 2.45) is 0 Å². The second kappa shape index (κ2) is 7.40. The third-order valence-electron chi connectivity index (χ3n) is 4.25. The van der Waals surface area contributed by atoms with Gasteiger partial charge in [0.05, 0.1) is 7.05 Å². The van der Waals surface area contributed by atoms with Crippen molar-refractivity contribution in [1.29, 1.82) is 0 Å². The second-order valence-corrected chi connectivity index (χ2v) is 6.22. The van der Waals surface area contributed by atoms with E-state index < -0.39 is 5.63 Å². The summed E-state index contributed by atoms with van der Waals surface area (Å²) in [7, 11) is 2.06. The first-order valence-corrected chi connectivity index (χ1v) is 8.29. The van der Waals surface area contributed by atoms with E-state index in [0.29, 0.717) is 24.3 Å². The van der Waals surface area contributed by atoms with Crippen LogP contribution in [0.2, 0.25) is 0 Å². The molecule has 0 aliphatic heterocycles. The van der Waals surface area contributed by atoms with Gasteiger partial charge in [0.2, 0.25) is 0 Å². The highest BCUT2D eigenvalue weighted by molar-refractivity contribution is 5.84. The third-order valence-corrected chi connectivity index (χ3v) is 4.25. The summed E-state index contributed by atoms with van der Waals surface area (Å²) < 4.78 is 11.0. The van der Waals surface area contributed by atoms with Crippen LogP contribution in [0.1, 0.15) is 11.1 Å². The van der Waals surface area contributed by atoms with Gasteiger partial charge in [-0.05, 0) is 31.2 Å². The van der Waals surface area contributed by atoms with Crippen LogP contribution in [0.5, 0.6) is 11.5 Å². The summed E-state index contributed by atoms with van der Waals surface area (Å²) in [4.78, 5) is 13.1. The molecule has 2 aromatic carbocycles. The molecule has 5 heteroatoms. The quantitative estimate of drug-likeness (QED) is 0.673. The molecule has 3 aromatic rings. The van der Waals surface area contributed by atoms with Gasteiger partial charge in [0.15, 0.2) is 0 Å². The van der Waals surface area contributed by atoms with Gasteiger partial charge < -0.3 is 19.2 Å². The van der Waals surface area contributed by atoms with Crippen molar-refractivity contribution in [1.82, 2.24) is 0 Å². The first-order valence-electron chi connectivity index (χ1n) is 8.29. The summed E-state index contributed by atoms with van der Waals surface area (Å²) >= 11 is 0. The number of quaternary nitrogens is 1. The van der Waals surface area contributed by atoms with E-state index >= 15 is 0 Å². The van der Waals surface area contributed by atoms with E-state index in [1.807, 2.05) is 30.3 Å². The Balaban J connectivity index is 1.72. The first-order chi connectivity index (χ1) is 12.0. The summed E-state index contributed by atoms with van der Waals surface area (Å²) in [5.74, 6) is 0.983. The number of rotatable bonds is 6. The number of nitrogens with one attached hydrogen (secondary N) is 1. The zero-order chi connectivity index (χ0) is 17.8. The fourth-order valence-electron chi connectivity index (χ4n) is 2.84. The van der Waals surface area contributed by atoms with E-state index in [0.717, 1.165) is 23.2 Å². The lowest BCUT2D eigenvalue weighted by Gasteiger charge is -2.16. The standard InChI is InChI=1S/C20H21NO4/c1-14-18(22)9-8-17-15(12-19(23)25-20(14)17)13-21(2)10-11-24-16-6-4-3-5-7-16/h3-9,12,22H,10-11,13H2,1-2H3/p+1. The number of para-hydroxylation sites is 1. The number of ether oxygens (including phenoxy) is 1. The molecule has 0 saturated heterocycles. The van der Waals surface area contributed by atoms with Gasteiger partial charge in [-0.15, -0.1) is 0 Å². The molecule has 1 unspecified atom stereocenters. The minimum Gasteiger partial charge on any atom is -0.508 e. The largest absolute Gasteiger partial charge is 0.508 e. The fraction of sp³-hybridized carbons (Fsp3) is 0.250. The Kier molecular flexibility index (Phi) is 5.05. The molecular formula is C20H22NO4+. The lowest BCUT2D eigenvalue weighted by Crippen LogP contribution is -3.08. The maximum atomic E-state index is 11.9. The summed E-state index contributed by atoms with van der Waals surface area (Å²) in [6.07, 6.45) is 0. The number of fused-ring (bicyclic) bond motifs is 1. The molecule has 25 heavy (non-hydrogen) atoms. The van der Waals surface area contributed by atoms with Crippen molar-refractivity contribution in [2.45, 2.75) is 13.5 Å². The number of hydrogen-bond acceptors (Lipinski definition) is 4. The van der Waals surface area contributed by atoms with Crippen LogP contribution in [0.3, 0.4) is 0 Å². The molecule has 5 nitrogen and oxygen atoms in total. The lowest BCUT2D eigenvalue weighted by atomic mass is 10.1. The molecule has 1 aromatic heterocycles. The number of benzene rings is 2. The van der Waals surface area contributed by atoms with Gasteiger partial charge in [-0.2, -0.15) is 0 Å². The highest BCUT2D eigenvalue weighted by Crippen LogP contribution is 2.26. The molecule has 1 heterocycles. The molecule has 0 amide bonds. The Hall–Kier alpha value is -2.79. The number of aromatic hydroxyl groups is 1. The number of likely N-dealkylation sites (N-methyl/N-ethyl adjacent to an activating group) is 1. The number of phenolic OH excluding ortho intramolecular Hbond substituents is 1. The van der Waals surface area contributed by atoms with Crippen LogP contribution in [0.25, 0.3) is 11.0 Å². The van der Waals surface area contributed by atoms with Gasteiger partial charge >= 0.3 is 5.63 Å². The van der Waals surface area contributed by atoms with Gasteiger partial charge in [-0.3, -0.25) is 0 Å². The van der Waals surface area contributed by atoms with Crippen LogP contribution < -0.4 is 15.3 Å². The molecule has 0 saturated carbocycles. The Morgan fingerprint density at radius 2 is 1.92 bits per heavy atom. The van der Waals surface area contributed by atoms with E-state index in [9.17, 15) is 9.90 Å². The van der Waals surface area contributed by atoms with Crippen molar-refractivity contribution in [3.8, 4) is 11.5 Å². The highest BCUT2D eigenvalue weighted by atomic mass is 16.5. The minimum absolute atomic E-state index is 0.129. The lowest BCUT2D eigenvalue weighted by molar-refractivity contribution is -0.893. The smallest absolute Gasteiger partial charge is 0.336 e. The Morgan fingerprint density at radius 1 is 1.16 bits per heavy atom. The topological polar surface area (TPSA) is 64.1 Å². The van der Waals surface area contributed by atoms with Gasteiger partial charge in [0.1, 0.15) is 36.8 Å². The predicted molar refractivity (Wildman–Crippen MR) is 96.3 cm³/mol. The summed E-state index contributed by atoms with van der Waals surface area (Å²) in [6, 6.07) is 14.7. The van der Waals surface area contributed by atoms with Crippen LogP contribution in [0, 0.1) is 6.92 Å². The number of phenols is 1. The Morgan fingerprint density at radius 3 is 2.68 bits per heavy atom. The van der Waals surface area contributed by atoms with E-state index in [1.165, 1.54) is 11.0 Å². The summed E-state index contributed by atoms with van der Waals surface area (Å²) in [6.45, 7) is 3.81. The average Bonchev–Trinajstić information content (AvgIpc) is 2.59.